The van der Waals surface area contributed by atoms with Crippen molar-refractivity contribution in [3.8, 4) is 5.75 Å². The summed E-state index contributed by atoms with van der Waals surface area (Å²) in [5.41, 5.74) is 5.70. The van der Waals surface area contributed by atoms with Crippen LogP contribution in [-0.4, -0.2) is 7.11 Å². The molecular formula is C9H11F2NO. The molecule has 0 spiro atoms. The molecule has 72 valence electrons. The monoisotopic (exact) mass is 187 g/mol. The summed E-state index contributed by atoms with van der Waals surface area (Å²) in [4.78, 5) is 0. The molecular weight excluding hydrogens is 176 g/mol. The molecule has 2 nitrogen and oxygen atoms in total. The van der Waals surface area contributed by atoms with Gasteiger partial charge in [-0.25, -0.2) is 8.78 Å². The van der Waals surface area contributed by atoms with Crippen LogP contribution in [0.2, 0.25) is 0 Å². The highest BCUT2D eigenvalue weighted by molar-refractivity contribution is 5.37. The summed E-state index contributed by atoms with van der Waals surface area (Å²) in [5, 5.41) is 0. The van der Waals surface area contributed by atoms with Crippen LogP contribution in [0.4, 0.5) is 8.78 Å². The molecule has 0 saturated heterocycles. The molecule has 4 heteroatoms. The maximum Gasteiger partial charge on any atom is 0.134 e. The van der Waals surface area contributed by atoms with Gasteiger partial charge in [0, 0.05) is 23.7 Å². The Hall–Kier alpha value is -1.16. The first-order valence-corrected chi connectivity index (χ1v) is 3.84. The van der Waals surface area contributed by atoms with Crippen LogP contribution >= 0.6 is 0 Å². The molecule has 1 atom stereocenters. The first-order valence-electron chi connectivity index (χ1n) is 3.84. The van der Waals surface area contributed by atoms with Crippen LogP contribution < -0.4 is 10.5 Å². The van der Waals surface area contributed by atoms with Crippen molar-refractivity contribution in [1.29, 1.82) is 0 Å². The fraction of sp³-hybridized carbons (Fsp3) is 0.333. The van der Waals surface area contributed by atoms with E-state index in [-0.39, 0.29) is 11.3 Å². The van der Waals surface area contributed by atoms with Crippen molar-refractivity contribution in [2.45, 2.75) is 13.0 Å². The van der Waals surface area contributed by atoms with Gasteiger partial charge in [-0.1, -0.05) is 0 Å². The number of ether oxygens (including phenoxy) is 1. The Labute approximate surface area is 75.3 Å². The lowest BCUT2D eigenvalue weighted by molar-refractivity contribution is 0.396. The van der Waals surface area contributed by atoms with E-state index in [0.29, 0.717) is 0 Å². The predicted octanol–water partition coefficient (Wildman–Crippen LogP) is 1.99. The molecule has 13 heavy (non-hydrogen) atoms. The third-order valence-electron chi connectivity index (χ3n) is 1.73. The molecule has 0 aliphatic carbocycles. The largest absolute Gasteiger partial charge is 0.496 e. The molecule has 1 rings (SSSR count). The lowest BCUT2D eigenvalue weighted by atomic mass is 10.1. The second-order valence-corrected chi connectivity index (χ2v) is 2.79. The van der Waals surface area contributed by atoms with Crippen LogP contribution in [0.1, 0.15) is 18.5 Å². The average molecular weight is 187 g/mol. The van der Waals surface area contributed by atoms with Crippen molar-refractivity contribution in [3.05, 3.63) is 29.3 Å². The summed E-state index contributed by atoms with van der Waals surface area (Å²) in [6.45, 7) is 1.61. The van der Waals surface area contributed by atoms with Gasteiger partial charge in [-0.3, -0.25) is 0 Å². The molecule has 0 heterocycles. The quantitative estimate of drug-likeness (QED) is 0.768. The second-order valence-electron chi connectivity index (χ2n) is 2.79. The van der Waals surface area contributed by atoms with Crippen LogP contribution in [0.25, 0.3) is 0 Å². The van der Waals surface area contributed by atoms with E-state index in [2.05, 4.69) is 0 Å². The van der Waals surface area contributed by atoms with Gasteiger partial charge in [0.1, 0.15) is 17.4 Å². The van der Waals surface area contributed by atoms with Gasteiger partial charge in [0.05, 0.1) is 7.11 Å². The Bertz CT molecular complexity index is 313. The summed E-state index contributed by atoms with van der Waals surface area (Å²) >= 11 is 0. The average Bonchev–Trinajstić information content (AvgIpc) is 2.01. The zero-order valence-corrected chi connectivity index (χ0v) is 7.47. The van der Waals surface area contributed by atoms with Crippen molar-refractivity contribution in [3.63, 3.8) is 0 Å². The van der Waals surface area contributed by atoms with Crippen molar-refractivity contribution in [2.75, 3.05) is 7.11 Å². The van der Waals surface area contributed by atoms with Crippen molar-refractivity contribution in [2.24, 2.45) is 5.73 Å². The van der Waals surface area contributed by atoms with E-state index < -0.39 is 17.7 Å². The maximum absolute atomic E-state index is 13.1. The zero-order chi connectivity index (χ0) is 10.0. The lowest BCUT2D eigenvalue weighted by Crippen LogP contribution is -2.09. The fourth-order valence-corrected chi connectivity index (χ4v) is 1.17. The zero-order valence-electron chi connectivity index (χ0n) is 7.47. The van der Waals surface area contributed by atoms with E-state index in [1.165, 1.54) is 7.11 Å². The van der Waals surface area contributed by atoms with Crippen LogP contribution in [0.5, 0.6) is 5.75 Å². The van der Waals surface area contributed by atoms with Crippen LogP contribution in [0.15, 0.2) is 12.1 Å². The number of rotatable bonds is 2. The Morgan fingerprint density at radius 2 is 2.00 bits per heavy atom. The van der Waals surface area contributed by atoms with Gasteiger partial charge in [0.2, 0.25) is 0 Å². The third-order valence-corrected chi connectivity index (χ3v) is 1.73. The summed E-state index contributed by atoms with van der Waals surface area (Å²) in [7, 11) is 1.35. The van der Waals surface area contributed by atoms with Crippen molar-refractivity contribution in [1.82, 2.24) is 0 Å². The van der Waals surface area contributed by atoms with E-state index >= 15 is 0 Å². The minimum Gasteiger partial charge on any atom is -0.496 e. The highest BCUT2D eigenvalue weighted by Gasteiger charge is 2.14. The van der Waals surface area contributed by atoms with Gasteiger partial charge in [0.25, 0.3) is 0 Å². The van der Waals surface area contributed by atoms with Gasteiger partial charge < -0.3 is 10.5 Å². The van der Waals surface area contributed by atoms with Gasteiger partial charge in [-0.05, 0) is 6.92 Å². The first kappa shape index (κ1) is 9.92. The van der Waals surface area contributed by atoms with Gasteiger partial charge in [0.15, 0.2) is 0 Å². The maximum atomic E-state index is 13.1. The Kier molecular flexibility index (Phi) is 2.83. The molecule has 2 N–H and O–H groups in total. The molecule has 0 aliphatic heterocycles. The Morgan fingerprint density at radius 3 is 2.46 bits per heavy atom. The normalized spacial score (nSPS) is 12.7. The van der Waals surface area contributed by atoms with Crippen LogP contribution in [-0.2, 0) is 0 Å². The van der Waals surface area contributed by atoms with Gasteiger partial charge in [-0.2, -0.15) is 0 Å². The summed E-state index contributed by atoms with van der Waals surface area (Å²) in [6.07, 6.45) is 0. The standard InChI is InChI=1S/C9H11F2NO/c1-5(12)9-7(11)3-6(10)4-8(9)13-2/h3-5H,12H2,1-2H3. The molecule has 0 saturated carbocycles. The molecule has 0 fully saturated rings. The first-order chi connectivity index (χ1) is 6.06. The minimum atomic E-state index is -0.674. The lowest BCUT2D eigenvalue weighted by Gasteiger charge is -2.12. The molecule has 0 aromatic heterocycles. The molecule has 0 radical (unpaired) electrons. The Morgan fingerprint density at radius 1 is 1.38 bits per heavy atom. The molecule has 1 unspecified atom stereocenters. The number of nitrogens with two attached hydrogens (primary N) is 1. The van der Waals surface area contributed by atoms with Crippen LogP contribution in [0, 0.1) is 11.6 Å². The van der Waals surface area contributed by atoms with Crippen molar-refractivity contribution >= 4 is 0 Å². The third kappa shape index (κ3) is 1.95. The molecule has 0 bridgehead atoms. The van der Waals surface area contributed by atoms with E-state index in [1.54, 1.807) is 6.92 Å². The number of halogens is 2. The van der Waals surface area contributed by atoms with E-state index in [1.807, 2.05) is 0 Å². The second kappa shape index (κ2) is 3.70. The summed E-state index contributed by atoms with van der Waals surface area (Å²) < 4.78 is 30.7. The van der Waals surface area contributed by atoms with Crippen LogP contribution in [0.3, 0.4) is 0 Å². The van der Waals surface area contributed by atoms with Gasteiger partial charge in [-0.15, -0.1) is 0 Å². The number of hydrogen-bond acceptors (Lipinski definition) is 2. The van der Waals surface area contributed by atoms with E-state index in [9.17, 15) is 8.78 Å². The molecule has 0 aliphatic rings. The van der Waals surface area contributed by atoms with E-state index in [4.69, 9.17) is 10.5 Å². The van der Waals surface area contributed by atoms with E-state index in [0.717, 1.165) is 12.1 Å². The highest BCUT2D eigenvalue weighted by Crippen LogP contribution is 2.27. The highest BCUT2D eigenvalue weighted by atomic mass is 19.1. The molecule has 1 aromatic rings. The van der Waals surface area contributed by atoms with Gasteiger partial charge >= 0.3 is 0 Å². The SMILES string of the molecule is COc1cc(F)cc(F)c1C(C)N. The number of methoxy groups -OCH3 is 1. The Balaban J connectivity index is 3.30. The molecule has 0 amide bonds. The van der Waals surface area contributed by atoms with Crippen molar-refractivity contribution < 1.29 is 13.5 Å². The number of hydrogen-bond donors (Lipinski definition) is 1. The number of benzene rings is 1. The fourth-order valence-electron chi connectivity index (χ4n) is 1.17. The molecule has 1 aromatic carbocycles. The minimum absolute atomic E-state index is 0.146. The topological polar surface area (TPSA) is 35.2 Å². The summed E-state index contributed by atoms with van der Waals surface area (Å²) in [5.74, 6) is -1.20. The smallest absolute Gasteiger partial charge is 0.134 e. The predicted molar refractivity (Wildman–Crippen MR) is 45.5 cm³/mol. The summed E-state index contributed by atoms with van der Waals surface area (Å²) in [6, 6.07) is 1.39.